The number of carbonyl (C=O) groups is 1. The van der Waals surface area contributed by atoms with Crippen LogP contribution >= 0.6 is 0 Å². The molecule has 1 N–H and O–H groups in total. The number of hydrogen-bond acceptors (Lipinski definition) is 3. The van der Waals surface area contributed by atoms with Crippen molar-refractivity contribution in [3.8, 4) is 0 Å². The molecule has 3 aromatic carbocycles. The summed E-state index contributed by atoms with van der Waals surface area (Å²) in [7, 11) is -3.93. The van der Waals surface area contributed by atoms with Gasteiger partial charge in [0.1, 0.15) is 6.54 Å². The summed E-state index contributed by atoms with van der Waals surface area (Å²) in [5.74, 6) is -0.349. The molecule has 0 aliphatic carbocycles. The van der Waals surface area contributed by atoms with Crippen LogP contribution in [0, 0.1) is 27.7 Å². The first kappa shape index (κ1) is 24.5. The van der Waals surface area contributed by atoms with Crippen molar-refractivity contribution in [1.29, 1.82) is 0 Å². The van der Waals surface area contributed by atoms with Gasteiger partial charge in [0.25, 0.3) is 10.0 Å². The average molecular weight is 465 g/mol. The molecule has 0 bridgehead atoms. The van der Waals surface area contributed by atoms with E-state index in [1.54, 1.807) is 36.4 Å². The van der Waals surface area contributed by atoms with Crippen molar-refractivity contribution in [1.82, 2.24) is 5.32 Å². The van der Waals surface area contributed by atoms with Gasteiger partial charge in [0.05, 0.1) is 16.6 Å². The number of sulfonamides is 1. The molecule has 174 valence electrons. The first-order chi connectivity index (χ1) is 15.6. The minimum Gasteiger partial charge on any atom is -0.348 e. The SMILES string of the molecule is CCC(NC(=O)CN(c1ccc(C)c(C)c1)S(=O)(=O)c1ccccc1)c1ccc(C)c(C)c1. The van der Waals surface area contributed by atoms with Crippen molar-refractivity contribution in [3.05, 3.63) is 94.5 Å². The van der Waals surface area contributed by atoms with Gasteiger partial charge in [-0.1, -0.05) is 49.4 Å². The highest BCUT2D eigenvalue weighted by atomic mass is 32.2. The topological polar surface area (TPSA) is 66.5 Å². The van der Waals surface area contributed by atoms with Crippen LogP contribution < -0.4 is 9.62 Å². The van der Waals surface area contributed by atoms with E-state index in [-0.39, 0.29) is 23.4 Å². The van der Waals surface area contributed by atoms with Gasteiger partial charge in [-0.3, -0.25) is 9.10 Å². The van der Waals surface area contributed by atoms with Gasteiger partial charge in [-0.05, 0) is 86.2 Å². The standard InChI is InChI=1S/C27H32N2O3S/c1-6-26(23-14-12-19(2)21(4)16-23)28-27(30)18-29(24-15-13-20(3)22(5)17-24)33(31,32)25-10-8-7-9-11-25/h7-17,26H,6,18H2,1-5H3,(H,28,30). The average Bonchev–Trinajstić information content (AvgIpc) is 2.80. The summed E-state index contributed by atoms with van der Waals surface area (Å²) in [5.41, 5.74) is 5.84. The number of benzene rings is 3. The van der Waals surface area contributed by atoms with Gasteiger partial charge >= 0.3 is 0 Å². The Labute approximate surface area is 197 Å². The van der Waals surface area contributed by atoms with E-state index in [0.717, 1.165) is 22.3 Å². The normalized spacial score (nSPS) is 12.3. The van der Waals surface area contributed by atoms with Crippen LogP contribution in [0.1, 0.15) is 47.2 Å². The quantitative estimate of drug-likeness (QED) is 0.486. The van der Waals surface area contributed by atoms with Crippen LogP contribution in [0.3, 0.4) is 0 Å². The molecule has 3 rings (SSSR count). The second-order valence-corrected chi connectivity index (χ2v) is 10.3. The predicted molar refractivity (Wildman–Crippen MR) is 134 cm³/mol. The molecule has 1 unspecified atom stereocenters. The molecule has 0 radical (unpaired) electrons. The van der Waals surface area contributed by atoms with Gasteiger partial charge < -0.3 is 5.32 Å². The van der Waals surface area contributed by atoms with Crippen molar-refractivity contribution >= 4 is 21.6 Å². The van der Waals surface area contributed by atoms with Crippen LogP contribution in [-0.2, 0) is 14.8 Å². The maximum Gasteiger partial charge on any atom is 0.264 e. The number of rotatable bonds is 8. The van der Waals surface area contributed by atoms with Gasteiger partial charge in [-0.15, -0.1) is 0 Å². The van der Waals surface area contributed by atoms with Gasteiger partial charge in [0.15, 0.2) is 0 Å². The van der Waals surface area contributed by atoms with Gasteiger partial charge in [-0.2, -0.15) is 0 Å². The highest BCUT2D eigenvalue weighted by Gasteiger charge is 2.28. The Bertz CT molecular complexity index is 1240. The Morgan fingerprint density at radius 3 is 2.03 bits per heavy atom. The van der Waals surface area contributed by atoms with Crippen molar-refractivity contribution in [3.63, 3.8) is 0 Å². The van der Waals surface area contributed by atoms with Crippen molar-refractivity contribution in [2.45, 2.75) is 52.0 Å². The highest BCUT2D eigenvalue weighted by molar-refractivity contribution is 7.92. The zero-order valence-corrected chi connectivity index (χ0v) is 20.7. The van der Waals surface area contributed by atoms with E-state index >= 15 is 0 Å². The molecule has 0 spiro atoms. The monoisotopic (exact) mass is 464 g/mol. The summed E-state index contributed by atoms with van der Waals surface area (Å²) in [6, 6.07) is 19.6. The van der Waals surface area contributed by atoms with E-state index < -0.39 is 10.0 Å². The molecule has 0 fully saturated rings. The van der Waals surface area contributed by atoms with Crippen molar-refractivity contribution < 1.29 is 13.2 Å². The molecule has 0 aliphatic heterocycles. The molecule has 3 aromatic rings. The van der Waals surface area contributed by atoms with E-state index in [2.05, 4.69) is 18.3 Å². The fourth-order valence-corrected chi connectivity index (χ4v) is 5.12. The summed E-state index contributed by atoms with van der Waals surface area (Å²) in [6.45, 7) is 9.69. The third-order valence-corrected chi connectivity index (χ3v) is 7.86. The molecule has 0 heterocycles. The maximum atomic E-state index is 13.5. The lowest BCUT2D eigenvalue weighted by molar-refractivity contribution is -0.120. The Balaban J connectivity index is 1.93. The second-order valence-electron chi connectivity index (χ2n) is 8.47. The molecular formula is C27H32N2O3S. The van der Waals surface area contributed by atoms with E-state index in [0.29, 0.717) is 12.1 Å². The lowest BCUT2D eigenvalue weighted by atomic mass is 9.99. The van der Waals surface area contributed by atoms with Crippen LogP contribution in [0.5, 0.6) is 0 Å². The lowest BCUT2D eigenvalue weighted by Crippen LogP contribution is -2.42. The molecule has 0 aromatic heterocycles. The smallest absolute Gasteiger partial charge is 0.264 e. The van der Waals surface area contributed by atoms with Crippen molar-refractivity contribution in [2.24, 2.45) is 0 Å². The molecule has 0 saturated heterocycles. The number of nitrogens with zero attached hydrogens (tertiary/aromatic N) is 1. The Hall–Kier alpha value is -3.12. The van der Waals surface area contributed by atoms with E-state index in [1.807, 2.05) is 52.0 Å². The predicted octanol–water partition coefficient (Wildman–Crippen LogP) is 5.38. The Morgan fingerprint density at radius 1 is 0.848 bits per heavy atom. The number of anilines is 1. The third kappa shape index (κ3) is 5.63. The van der Waals surface area contributed by atoms with Crippen LogP contribution in [0.4, 0.5) is 5.69 Å². The minimum atomic E-state index is -3.93. The van der Waals surface area contributed by atoms with Crippen LogP contribution in [0.15, 0.2) is 71.6 Å². The molecule has 1 amide bonds. The highest BCUT2D eigenvalue weighted by Crippen LogP contribution is 2.26. The summed E-state index contributed by atoms with van der Waals surface area (Å²) in [6.07, 6.45) is 0.698. The molecule has 6 heteroatoms. The number of aryl methyl sites for hydroxylation is 4. The molecule has 0 aliphatic rings. The second kappa shape index (κ2) is 10.2. The summed E-state index contributed by atoms with van der Waals surface area (Å²) in [5, 5.41) is 3.03. The van der Waals surface area contributed by atoms with Gasteiger partial charge in [0.2, 0.25) is 5.91 Å². The number of nitrogens with one attached hydrogen (secondary N) is 1. The molecular weight excluding hydrogens is 432 g/mol. The fourth-order valence-electron chi connectivity index (χ4n) is 3.69. The molecule has 1 atom stereocenters. The fraction of sp³-hybridized carbons (Fsp3) is 0.296. The summed E-state index contributed by atoms with van der Waals surface area (Å²) < 4.78 is 28.2. The van der Waals surface area contributed by atoms with Crippen LogP contribution in [0.25, 0.3) is 0 Å². The maximum absolute atomic E-state index is 13.5. The third-order valence-electron chi connectivity index (χ3n) is 6.07. The minimum absolute atomic E-state index is 0.150. The van der Waals surface area contributed by atoms with E-state index in [9.17, 15) is 13.2 Å². The van der Waals surface area contributed by atoms with Gasteiger partial charge in [-0.25, -0.2) is 8.42 Å². The van der Waals surface area contributed by atoms with Crippen LogP contribution in [0.2, 0.25) is 0 Å². The number of amides is 1. The largest absolute Gasteiger partial charge is 0.348 e. The Kier molecular flexibility index (Phi) is 7.59. The number of carbonyl (C=O) groups excluding carboxylic acids is 1. The number of hydrogen-bond donors (Lipinski definition) is 1. The Morgan fingerprint density at radius 2 is 1.45 bits per heavy atom. The van der Waals surface area contributed by atoms with Gasteiger partial charge in [0, 0.05) is 0 Å². The molecule has 5 nitrogen and oxygen atoms in total. The molecule has 33 heavy (non-hydrogen) atoms. The zero-order valence-electron chi connectivity index (χ0n) is 19.9. The first-order valence-corrected chi connectivity index (χ1v) is 12.6. The first-order valence-electron chi connectivity index (χ1n) is 11.1. The van der Waals surface area contributed by atoms with E-state index in [4.69, 9.17) is 0 Å². The summed E-state index contributed by atoms with van der Waals surface area (Å²) in [4.78, 5) is 13.3. The molecule has 0 saturated carbocycles. The summed E-state index contributed by atoms with van der Waals surface area (Å²) >= 11 is 0. The zero-order chi connectivity index (χ0) is 24.2. The van der Waals surface area contributed by atoms with Crippen LogP contribution in [-0.4, -0.2) is 20.9 Å². The van der Waals surface area contributed by atoms with E-state index in [1.165, 1.54) is 9.87 Å². The van der Waals surface area contributed by atoms with Crippen molar-refractivity contribution in [2.75, 3.05) is 10.8 Å². The lowest BCUT2D eigenvalue weighted by Gasteiger charge is -2.26.